The number of fused-ring (bicyclic) bond motifs is 2. The van der Waals surface area contributed by atoms with Crippen LogP contribution in [0.3, 0.4) is 0 Å². The molecule has 5 aromatic rings. The first-order valence-corrected chi connectivity index (χ1v) is 15.3. The van der Waals surface area contributed by atoms with E-state index in [9.17, 15) is 19.1 Å². The second kappa shape index (κ2) is 12.6. The Kier molecular flexibility index (Phi) is 8.04. The van der Waals surface area contributed by atoms with Crippen molar-refractivity contribution in [2.24, 2.45) is 5.92 Å². The number of benzene rings is 3. The molecule has 234 valence electrons. The molecule has 2 aromatic heterocycles. The molecule has 0 saturated heterocycles. The lowest BCUT2D eigenvalue weighted by Crippen LogP contribution is -2.45. The summed E-state index contributed by atoms with van der Waals surface area (Å²) < 4.78 is 27.3. The highest BCUT2D eigenvalue weighted by atomic mass is 19.1. The van der Waals surface area contributed by atoms with Crippen molar-refractivity contribution in [3.63, 3.8) is 0 Å². The second-order valence-corrected chi connectivity index (χ2v) is 11.9. The van der Waals surface area contributed by atoms with Crippen LogP contribution in [-0.4, -0.2) is 41.9 Å². The maximum absolute atomic E-state index is 14.3. The molecule has 3 aliphatic rings. The minimum absolute atomic E-state index is 0.00168. The van der Waals surface area contributed by atoms with E-state index in [0.29, 0.717) is 25.2 Å². The van der Waals surface area contributed by atoms with Crippen LogP contribution < -0.4 is 10.3 Å². The summed E-state index contributed by atoms with van der Waals surface area (Å²) in [6.07, 6.45) is 1.40. The fraction of sp³-hybridized carbons (Fsp3) is 0.286. The summed E-state index contributed by atoms with van der Waals surface area (Å²) in [4.78, 5) is 33.4. The Morgan fingerprint density at radius 1 is 0.957 bits per heavy atom. The Morgan fingerprint density at radius 2 is 1.67 bits per heavy atom. The highest BCUT2D eigenvalue weighted by Crippen LogP contribution is 2.43. The average molecular weight is 622 g/mol. The first-order chi connectivity index (χ1) is 22.4. The Bertz CT molecular complexity index is 1890. The molecule has 2 bridgehead atoms. The molecule has 1 saturated carbocycles. The Balaban J connectivity index is 1.29. The molecule has 2 aliphatic heterocycles. The summed E-state index contributed by atoms with van der Waals surface area (Å²) in [6, 6.07) is 24.6. The lowest BCUT2D eigenvalue weighted by molar-refractivity contribution is 0.0876. The first-order valence-electron chi connectivity index (χ1n) is 15.3. The summed E-state index contributed by atoms with van der Waals surface area (Å²) in [7, 11) is 0. The zero-order valence-corrected chi connectivity index (χ0v) is 25.0. The van der Waals surface area contributed by atoms with Gasteiger partial charge in [-0.25, -0.2) is 14.2 Å². The third kappa shape index (κ3) is 6.00. The fourth-order valence-corrected chi connectivity index (χ4v) is 6.62. The van der Waals surface area contributed by atoms with Crippen LogP contribution in [-0.2, 0) is 26.1 Å². The van der Waals surface area contributed by atoms with E-state index in [1.54, 1.807) is 16.7 Å². The van der Waals surface area contributed by atoms with Crippen LogP contribution in [0.4, 0.5) is 9.18 Å². The lowest BCUT2D eigenvalue weighted by Gasteiger charge is -2.38. The van der Waals surface area contributed by atoms with E-state index in [-0.39, 0.29) is 72.1 Å². The quantitative estimate of drug-likeness (QED) is 0.211. The van der Waals surface area contributed by atoms with Crippen LogP contribution in [0.15, 0.2) is 94.1 Å². The van der Waals surface area contributed by atoms with Gasteiger partial charge in [-0.3, -0.25) is 9.36 Å². The van der Waals surface area contributed by atoms with Crippen molar-refractivity contribution in [1.29, 1.82) is 0 Å². The van der Waals surface area contributed by atoms with Crippen molar-refractivity contribution < 1.29 is 23.4 Å². The topological polar surface area (TPSA) is 124 Å². The van der Waals surface area contributed by atoms with Crippen LogP contribution in [0.25, 0.3) is 11.6 Å². The molecule has 10 nitrogen and oxygen atoms in total. The van der Waals surface area contributed by atoms with Crippen molar-refractivity contribution in [3.05, 3.63) is 130 Å². The van der Waals surface area contributed by atoms with Gasteiger partial charge in [0.1, 0.15) is 18.2 Å². The normalized spacial score (nSPS) is 18.5. The van der Waals surface area contributed by atoms with E-state index in [1.807, 2.05) is 60.7 Å². The number of ether oxygens (including phenoxy) is 1. The molecule has 46 heavy (non-hydrogen) atoms. The van der Waals surface area contributed by atoms with Gasteiger partial charge < -0.3 is 19.2 Å². The monoisotopic (exact) mass is 621 g/mol. The van der Waals surface area contributed by atoms with Crippen molar-refractivity contribution in [2.45, 2.75) is 57.3 Å². The number of carbonyl (C=O) groups is 1. The smallest absolute Gasteiger partial charge is 0.407 e. The Labute approximate surface area is 264 Å². The third-order valence-electron chi connectivity index (χ3n) is 8.86. The number of amides is 1. The highest BCUT2D eigenvalue weighted by Gasteiger charge is 2.43. The molecule has 1 aliphatic carbocycles. The van der Waals surface area contributed by atoms with Crippen LogP contribution in [0.2, 0.25) is 0 Å². The molecule has 4 heterocycles. The molecule has 0 spiro atoms. The number of carboxylic acid groups (broad SMARTS) is 1. The second-order valence-electron chi connectivity index (χ2n) is 11.9. The van der Waals surface area contributed by atoms with E-state index in [1.165, 1.54) is 17.0 Å². The number of hydrogen-bond donors (Lipinski definition) is 1. The van der Waals surface area contributed by atoms with Gasteiger partial charge in [0.2, 0.25) is 11.6 Å². The predicted octanol–water partition coefficient (Wildman–Crippen LogP) is 6.05. The summed E-state index contributed by atoms with van der Waals surface area (Å²) >= 11 is 0. The number of halogens is 1. The first kappa shape index (κ1) is 29.4. The predicted molar refractivity (Wildman–Crippen MR) is 166 cm³/mol. The minimum Gasteiger partial charge on any atom is -0.481 e. The molecule has 11 heteroatoms. The van der Waals surface area contributed by atoms with Crippen LogP contribution in [0, 0.1) is 11.7 Å². The molecule has 1 fully saturated rings. The van der Waals surface area contributed by atoms with Gasteiger partial charge >= 0.3 is 6.09 Å². The third-order valence-corrected chi connectivity index (χ3v) is 8.86. The summed E-state index contributed by atoms with van der Waals surface area (Å²) in [5.41, 5.74) is 2.30. The number of hydrogen-bond acceptors (Lipinski definition) is 7. The zero-order valence-electron chi connectivity index (χ0n) is 25.0. The molecule has 1 N–H and O–H groups in total. The molecule has 3 atom stereocenters. The largest absolute Gasteiger partial charge is 0.481 e. The molecule has 0 radical (unpaired) electrons. The fourth-order valence-electron chi connectivity index (χ4n) is 6.62. The molecule has 1 amide bonds. The van der Waals surface area contributed by atoms with E-state index in [2.05, 4.69) is 10.2 Å². The average Bonchev–Trinajstić information content (AvgIpc) is 3.39. The molecular formula is C35H32FN5O5. The van der Waals surface area contributed by atoms with E-state index in [0.717, 1.165) is 23.1 Å². The number of nitrogens with zero attached hydrogens (tertiary/aromatic N) is 5. The lowest BCUT2D eigenvalue weighted by atomic mass is 9.78. The highest BCUT2D eigenvalue weighted by molar-refractivity contribution is 5.66. The van der Waals surface area contributed by atoms with Crippen LogP contribution in [0.1, 0.15) is 53.6 Å². The SMILES string of the molecule is O=C(O)N(Cc1ccccc1)C1CC2CCC1c1nc(-c3nnc(Cc4ccc(F)cc4)o3)c(OCc3ccccc3)c(=O)n1C2. The van der Waals surface area contributed by atoms with E-state index >= 15 is 0 Å². The minimum atomic E-state index is -1.01. The standard InChI is InChI=1S/C35H32FN5O5/c36-26-14-11-22(12-15-26)18-29-38-39-33(46-29)30-31(45-21-24-9-5-2-6-10-24)34(42)41-20-25-13-16-27(32(41)37-30)28(17-25)40(35(43)44)19-23-7-3-1-4-8-23/h1-12,14-15,25,27-28H,13,16-21H2,(H,43,44). The zero-order chi connectivity index (χ0) is 31.6. The van der Waals surface area contributed by atoms with Gasteiger partial charge in [0.05, 0.1) is 6.42 Å². The summed E-state index contributed by atoms with van der Waals surface area (Å²) in [5.74, 6) is 0.216. The molecular weight excluding hydrogens is 589 g/mol. The van der Waals surface area contributed by atoms with E-state index < -0.39 is 6.09 Å². The van der Waals surface area contributed by atoms with Crippen molar-refractivity contribution in [1.82, 2.24) is 24.6 Å². The van der Waals surface area contributed by atoms with E-state index in [4.69, 9.17) is 14.1 Å². The molecule has 3 aromatic carbocycles. The van der Waals surface area contributed by atoms with Gasteiger partial charge in [-0.05, 0) is 54.0 Å². The van der Waals surface area contributed by atoms with Gasteiger partial charge in [-0.15, -0.1) is 10.2 Å². The van der Waals surface area contributed by atoms with Crippen molar-refractivity contribution in [3.8, 4) is 17.3 Å². The maximum Gasteiger partial charge on any atom is 0.407 e. The van der Waals surface area contributed by atoms with Gasteiger partial charge in [0.25, 0.3) is 11.4 Å². The molecule has 3 unspecified atom stereocenters. The van der Waals surface area contributed by atoms with Crippen molar-refractivity contribution >= 4 is 6.09 Å². The molecule has 8 rings (SSSR count). The number of aromatic nitrogens is 4. The summed E-state index contributed by atoms with van der Waals surface area (Å²) in [5, 5.41) is 18.8. The Morgan fingerprint density at radius 3 is 2.39 bits per heavy atom. The van der Waals surface area contributed by atoms with Crippen molar-refractivity contribution in [2.75, 3.05) is 0 Å². The van der Waals surface area contributed by atoms with Gasteiger partial charge in [-0.1, -0.05) is 72.8 Å². The van der Waals surface area contributed by atoms with Crippen LogP contribution in [0.5, 0.6) is 5.75 Å². The van der Waals surface area contributed by atoms with Gasteiger partial charge in [-0.2, -0.15) is 0 Å². The summed E-state index contributed by atoms with van der Waals surface area (Å²) in [6.45, 7) is 0.768. The van der Waals surface area contributed by atoms with Gasteiger partial charge in [0.15, 0.2) is 5.69 Å². The maximum atomic E-state index is 14.3. The number of rotatable bonds is 9. The Hall–Kier alpha value is -5.32. The van der Waals surface area contributed by atoms with Gasteiger partial charge in [0, 0.05) is 25.0 Å². The van der Waals surface area contributed by atoms with Crippen LogP contribution >= 0.6 is 0 Å².